The van der Waals surface area contributed by atoms with Gasteiger partial charge in [0.05, 0.1) is 11.3 Å². The number of amides is 2. The number of ether oxygens (including phenoxy) is 1. The normalized spacial score (nSPS) is 12.9. The number of hydrogen-bond acceptors (Lipinski definition) is 4. The highest BCUT2D eigenvalue weighted by atomic mass is 16.5. The van der Waals surface area contributed by atoms with Crippen molar-refractivity contribution in [2.45, 2.75) is 0 Å². The van der Waals surface area contributed by atoms with Gasteiger partial charge in [0.1, 0.15) is 11.5 Å². The number of benzene rings is 3. The van der Waals surface area contributed by atoms with Crippen LogP contribution in [0.4, 0.5) is 11.4 Å². The zero-order chi connectivity index (χ0) is 17.4. The van der Waals surface area contributed by atoms with Crippen LogP contribution in [0.3, 0.4) is 0 Å². The van der Waals surface area contributed by atoms with Crippen LogP contribution < -0.4 is 15.4 Å². The van der Waals surface area contributed by atoms with Crippen LogP contribution in [0.1, 0.15) is 10.4 Å². The summed E-state index contributed by atoms with van der Waals surface area (Å²) in [6.07, 6.45) is 0. The van der Waals surface area contributed by atoms with Crippen molar-refractivity contribution in [2.24, 2.45) is 0 Å². The number of fused-ring (bicyclic) bond motifs is 2. The predicted octanol–water partition coefficient (Wildman–Crippen LogP) is 3.13. The molecule has 124 valence electrons. The number of anilines is 2. The molecule has 0 fully saturated rings. The fourth-order valence-electron chi connectivity index (χ4n) is 2.77. The average Bonchev–Trinajstić information content (AvgIpc) is 2.60. The van der Waals surface area contributed by atoms with Gasteiger partial charge >= 0.3 is 0 Å². The average molecular weight is 334 g/mol. The predicted molar refractivity (Wildman–Crippen MR) is 94.1 cm³/mol. The Morgan fingerprint density at radius 2 is 1.84 bits per heavy atom. The fourth-order valence-corrected chi connectivity index (χ4v) is 2.77. The van der Waals surface area contributed by atoms with Gasteiger partial charge in [0.2, 0.25) is 0 Å². The maximum atomic E-state index is 12.5. The SMILES string of the molecule is O=C1COc2ccc(NC(=O)c3cc4ccccc4cc3O)cc2N1. The largest absolute Gasteiger partial charge is 0.507 e. The van der Waals surface area contributed by atoms with Crippen molar-refractivity contribution in [2.75, 3.05) is 17.2 Å². The maximum Gasteiger partial charge on any atom is 0.262 e. The molecule has 2 amide bonds. The molecule has 6 nitrogen and oxygen atoms in total. The molecular formula is C19H14N2O4. The monoisotopic (exact) mass is 334 g/mol. The van der Waals surface area contributed by atoms with E-state index in [4.69, 9.17) is 4.74 Å². The number of aromatic hydroxyl groups is 1. The van der Waals surface area contributed by atoms with Gasteiger partial charge in [0.25, 0.3) is 11.8 Å². The molecule has 0 unspecified atom stereocenters. The second kappa shape index (κ2) is 5.83. The van der Waals surface area contributed by atoms with Crippen LogP contribution in [0.25, 0.3) is 10.8 Å². The first-order valence-electron chi connectivity index (χ1n) is 7.70. The lowest BCUT2D eigenvalue weighted by atomic mass is 10.1. The van der Waals surface area contributed by atoms with Crippen molar-refractivity contribution >= 4 is 34.0 Å². The Bertz CT molecular complexity index is 1010. The van der Waals surface area contributed by atoms with E-state index in [9.17, 15) is 14.7 Å². The van der Waals surface area contributed by atoms with Crippen LogP contribution in [0.2, 0.25) is 0 Å². The van der Waals surface area contributed by atoms with Gasteiger partial charge < -0.3 is 20.5 Å². The number of nitrogens with one attached hydrogen (secondary N) is 2. The number of phenolic OH excluding ortho intramolecular Hbond substituents is 1. The van der Waals surface area contributed by atoms with Crippen molar-refractivity contribution in [1.29, 1.82) is 0 Å². The van der Waals surface area contributed by atoms with Gasteiger partial charge in [-0.3, -0.25) is 9.59 Å². The highest BCUT2D eigenvalue weighted by Crippen LogP contribution is 2.31. The van der Waals surface area contributed by atoms with Crippen molar-refractivity contribution in [1.82, 2.24) is 0 Å². The Labute approximate surface area is 143 Å². The Balaban J connectivity index is 1.63. The smallest absolute Gasteiger partial charge is 0.262 e. The molecule has 0 aromatic heterocycles. The molecular weight excluding hydrogens is 320 g/mol. The third-order valence-corrected chi connectivity index (χ3v) is 3.98. The summed E-state index contributed by atoms with van der Waals surface area (Å²) in [5.74, 6) is -0.230. The summed E-state index contributed by atoms with van der Waals surface area (Å²) in [7, 11) is 0. The van der Waals surface area contributed by atoms with Gasteiger partial charge in [0, 0.05) is 5.69 Å². The molecule has 1 heterocycles. The molecule has 0 radical (unpaired) electrons. The van der Waals surface area contributed by atoms with E-state index in [1.807, 2.05) is 24.3 Å². The van der Waals surface area contributed by atoms with Gasteiger partial charge in [-0.15, -0.1) is 0 Å². The third kappa shape index (κ3) is 2.85. The van der Waals surface area contributed by atoms with Crippen molar-refractivity contribution in [3.05, 3.63) is 60.2 Å². The first-order chi connectivity index (χ1) is 12.1. The zero-order valence-corrected chi connectivity index (χ0v) is 13.1. The van der Waals surface area contributed by atoms with E-state index < -0.39 is 5.91 Å². The molecule has 0 saturated carbocycles. The van der Waals surface area contributed by atoms with Gasteiger partial charge in [-0.05, 0) is 41.1 Å². The highest BCUT2D eigenvalue weighted by molar-refractivity contribution is 6.09. The lowest BCUT2D eigenvalue weighted by molar-refractivity contribution is -0.118. The molecule has 1 aliphatic heterocycles. The summed E-state index contributed by atoms with van der Waals surface area (Å²) < 4.78 is 5.28. The quantitative estimate of drug-likeness (QED) is 0.672. The molecule has 0 spiro atoms. The minimum atomic E-state index is -0.439. The molecule has 0 aliphatic carbocycles. The molecule has 3 N–H and O–H groups in total. The Hall–Kier alpha value is -3.54. The first kappa shape index (κ1) is 15.0. The number of phenols is 1. The molecule has 3 aromatic carbocycles. The topological polar surface area (TPSA) is 87.7 Å². The Morgan fingerprint density at radius 3 is 2.64 bits per heavy atom. The lowest BCUT2D eigenvalue weighted by Gasteiger charge is -2.18. The van der Waals surface area contributed by atoms with Crippen LogP contribution in [-0.2, 0) is 4.79 Å². The first-order valence-corrected chi connectivity index (χ1v) is 7.70. The number of carbonyl (C=O) groups is 2. The molecule has 6 heteroatoms. The molecule has 0 bridgehead atoms. The molecule has 4 rings (SSSR count). The maximum absolute atomic E-state index is 12.5. The van der Waals surface area contributed by atoms with Gasteiger partial charge in [-0.1, -0.05) is 24.3 Å². The van der Waals surface area contributed by atoms with Crippen LogP contribution in [0.5, 0.6) is 11.5 Å². The van der Waals surface area contributed by atoms with Crippen molar-refractivity contribution in [3.63, 3.8) is 0 Å². The van der Waals surface area contributed by atoms with Crippen LogP contribution >= 0.6 is 0 Å². The number of hydrogen-bond donors (Lipinski definition) is 3. The second-order valence-electron chi connectivity index (χ2n) is 5.72. The van der Waals surface area contributed by atoms with E-state index in [1.165, 1.54) is 0 Å². The van der Waals surface area contributed by atoms with Crippen molar-refractivity contribution < 1.29 is 19.4 Å². The molecule has 1 aliphatic rings. The summed E-state index contributed by atoms with van der Waals surface area (Å²) >= 11 is 0. The molecule has 3 aromatic rings. The fraction of sp³-hybridized carbons (Fsp3) is 0.0526. The lowest BCUT2D eigenvalue weighted by Crippen LogP contribution is -2.25. The zero-order valence-electron chi connectivity index (χ0n) is 13.1. The Kier molecular flexibility index (Phi) is 3.50. The summed E-state index contributed by atoms with van der Waals surface area (Å²) in [5.41, 5.74) is 1.16. The summed E-state index contributed by atoms with van der Waals surface area (Å²) in [6.45, 7) is -0.0241. The standard InChI is InChI=1S/C19H14N2O4/c22-16-8-12-4-2-1-3-11(12)7-14(16)19(24)20-13-5-6-17-15(9-13)21-18(23)10-25-17/h1-9,22H,10H2,(H,20,24)(H,21,23). The minimum absolute atomic E-state index is 0.0241. The number of carbonyl (C=O) groups excluding carboxylic acids is 2. The van der Waals surface area contributed by atoms with E-state index in [0.717, 1.165) is 10.8 Å². The van der Waals surface area contributed by atoms with E-state index in [1.54, 1.807) is 30.3 Å². The van der Waals surface area contributed by atoms with Crippen LogP contribution in [0.15, 0.2) is 54.6 Å². The number of rotatable bonds is 2. The van der Waals surface area contributed by atoms with E-state index in [0.29, 0.717) is 17.1 Å². The summed E-state index contributed by atoms with van der Waals surface area (Å²) in [4.78, 5) is 23.9. The van der Waals surface area contributed by atoms with Crippen LogP contribution in [0, 0.1) is 0 Å². The second-order valence-corrected chi connectivity index (χ2v) is 5.72. The van der Waals surface area contributed by atoms with Crippen LogP contribution in [-0.4, -0.2) is 23.5 Å². The van der Waals surface area contributed by atoms with Gasteiger partial charge in [-0.2, -0.15) is 0 Å². The van der Waals surface area contributed by atoms with Gasteiger partial charge in [0.15, 0.2) is 6.61 Å². The van der Waals surface area contributed by atoms with E-state index in [-0.39, 0.29) is 23.8 Å². The van der Waals surface area contributed by atoms with E-state index >= 15 is 0 Å². The molecule has 0 saturated heterocycles. The van der Waals surface area contributed by atoms with E-state index in [2.05, 4.69) is 10.6 Å². The summed E-state index contributed by atoms with van der Waals surface area (Å²) in [5, 5.41) is 17.3. The summed E-state index contributed by atoms with van der Waals surface area (Å²) in [6, 6.07) is 15.6. The highest BCUT2D eigenvalue weighted by Gasteiger charge is 2.18. The Morgan fingerprint density at radius 1 is 1.08 bits per heavy atom. The molecule has 0 atom stereocenters. The third-order valence-electron chi connectivity index (χ3n) is 3.98. The van der Waals surface area contributed by atoms with Gasteiger partial charge in [-0.25, -0.2) is 0 Å². The minimum Gasteiger partial charge on any atom is -0.507 e. The molecule has 25 heavy (non-hydrogen) atoms. The van der Waals surface area contributed by atoms with Crippen molar-refractivity contribution in [3.8, 4) is 11.5 Å².